The molecular weight excluding hydrogens is 362 g/mol. The number of amides is 1. The van der Waals surface area contributed by atoms with Gasteiger partial charge in [0.2, 0.25) is 0 Å². The molecule has 1 unspecified atom stereocenters. The van der Waals surface area contributed by atoms with Crippen molar-refractivity contribution in [2.45, 2.75) is 32.3 Å². The minimum atomic E-state index is -0.287. The average Bonchev–Trinajstić information content (AvgIpc) is 3.04. The highest BCUT2D eigenvalue weighted by atomic mass is 79.9. The Labute approximate surface area is 145 Å². The van der Waals surface area contributed by atoms with Crippen LogP contribution >= 0.6 is 15.9 Å². The predicted molar refractivity (Wildman–Crippen MR) is 90.3 cm³/mol. The van der Waals surface area contributed by atoms with Gasteiger partial charge in [0.05, 0.1) is 24.7 Å². The molecular formula is C17H22BrNO4. The van der Waals surface area contributed by atoms with Crippen molar-refractivity contribution in [1.82, 2.24) is 4.90 Å². The van der Waals surface area contributed by atoms with E-state index in [2.05, 4.69) is 15.9 Å². The van der Waals surface area contributed by atoms with Gasteiger partial charge in [-0.1, -0.05) is 12.1 Å². The highest BCUT2D eigenvalue weighted by molar-refractivity contribution is 9.10. The van der Waals surface area contributed by atoms with Crippen molar-refractivity contribution in [1.29, 1.82) is 0 Å². The largest absolute Gasteiger partial charge is 0.466 e. The van der Waals surface area contributed by atoms with E-state index in [1.54, 1.807) is 17.9 Å². The van der Waals surface area contributed by atoms with Crippen molar-refractivity contribution < 1.29 is 19.1 Å². The first-order valence-corrected chi connectivity index (χ1v) is 8.72. The first-order valence-electron chi connectivity index (χ1n) is 7.92. The molecule has 1 aliphatic rings. The van der Waals surface area contributed by atoms with Gasteiger partial charge in [-0.25, -0.2) is 0 Å². The fraction of sp³-hybridized carbons (Fsp3) is 0.529. The number of benzene rings is 1. The van der Waals surface area contributed by atoms with E-state index in [9.17, 15) is 9.59 Å². The third-order valence-electron chi connectivity index (χ3n) is 3.73. The third-order valence-corrected chi connectivity index (χ3v) is 4.42. The fourth-order valence-electron chi connectivity index (χ4n) is 2.57. The smallest absolute Gasteiger partial charge is 0.307 e. The molecule has 1 fully saturated rings. The van der Waals surface area contributed by atoms with E-state index in [-0.39, 0.29) is 24.4 Å². The minimum absolute atomic E-state index is 0.0450. The summed E-state index contributed by atoms with van der Waals surface area (Å²) in [5, 5.41) is 0. The predicted octanol–water partition coefficient (Wildman–Crippen LogP) is 3.02. The van der Waals surface area contributed by atoms with Crippen LogP contribution in [0.1, 0.15) is 36.5 Å². The monoisotopic (exact) mass is 383 g/mol. The summed E-state index contributed by atoms with van der Waals surface area (Å²) in [5.41, 5.74) is 0.592. The van der Waals surface area contributed by atoms with Gasteiger partial charge >= 0.3 is 5.97 Å². The average molecular weight is 384 g/mol. The van der Waals surface area contributed by atoms with Crippen molar-refractivity contribution >= 4 is 27.8 Å². The number of esters is 1. The summed E-state index contributed by atoms with van der Waals surface area (Å²) in [5.74, 6) is -0.387. The van der Waals surface area contributed by atoms with Gasteiger partial charge < -0.3 is 14.4 Å². The molecule has 6 heteroatoms. The van der Waals surface area contributed by atoms with Gasteiger partial charge in [0, 0.05) is 24.2 Å². The highest BCUT2D eigenvalue weighted by Crippen LogP contribution is 2.20. The maximum absolute atomic E-state index is 12.8. The van der Waals surface area contributed by atoms with Crippen LogP contribution in [0.2, 0.25) is 0 Å². The molecule has 1 saturated heterocycles. The molecule has 1 amide bonds. The van der Waals surface area contributed by atoms with Gasteiger partial charge in [0.1, 0.15) is 0 Å². The van der Waals surface area contributed by atoms with Crippen molar-refractivity contribution in [2.75, 3.05) is 26.3 Å². The number of hydrogen-bond donors (Lipinski definition) is 0. The Morgan fingerprint density at radius 1 is 1.39 bits per heavy atom. The van der Waals surface area contributed by atoms with Crippen LogP contribution in [-0.4, -0.2) is 49.2 Å². The zero-order chi connectivity index (χ0) is 16.7. The number of rotatable bonds is 7. The summed E-state index contributed by atoms with van der Waals surface area (Å²) in [6.45, 7) is 3.69. The Bertz CT molecular complexity index is 543. The summed E-state index contributed by atoms with van der Waals surface area (Å²) < 4.78 is 11.3. The second kappa shape index (κ2) is 9.03. The SMILES string of the molecule is CCOC(=O)CCN(CC1CCCO1)C(=O)c1ccccc1Br. The maximum Gasteiger partial charge on any atom is 0.307 e. The van der Waals surface area contributed by atoms with Crippen molar-refractivity contribution in [3.05, 3.63) is 34.3 Å². The molecule has 5 nitrogen and oxygen atoms in total. The molecule has 0 spiro atoms. The topological polar surface area (TPSA) is 55.8 Å². The molecule has 23 heavy (non-hydrogen) atoms. The molecule has 1 heterocycles. The van der Waals surface area contributed by atoms with Crippen molar-refractivity contribution in [3.63, 3.8) is 0 Å². The number of nitrogens with zero attached hydrogens (tertiary/aromatic N) is 1. The molecule has 1 aromatic rings. The van der Waals surface area contributed by atoms with E-state index in [1.807, 2.05) is 18.2 Å². The van der Waals surface area contributed by atoms with Crippen LogP contribution in [0.3, 0.4) is 0 Å². The molecule has 0 N–H and O–H groups in total. The second-order valence-corrected chi connectivity index (χ2v) is 6.28. The van der Waals surface area contributed by atoms with E-state index in [1.165, 1.54) is 0 Å². The standard InChI is InChI=1S/C17H22BrNO4/c1-2-22-16(20)9-10-19(12-13-6-5-11-23-13)17(21)14-7-3-4-8-15(14)18/h3-4,7-8,13H,2,5-6,9-12H2,1H3. The Kier molecular flexibility index (Phi) is 7.05. The molecule has 126 valence electrons. The maximum atomic E-state index is 12.8. The molecule has 0 bridgehead atoms. The van der Waals surface area contributed by atoms with E-state index in [0.29, 0.717) is 25.3 Å². The first-order chi connectivity index (χ1) is 11.1. The Hall–Kier alpha value is -1.40. The van der Waals surface area contributed by atoms with Crippen LogP contribution in [0.15, 0.2) is 28.7 Å². The van der Waals surface area contributed by atoms with Gasteiger partial charge in [0.15, 0.2) is 0 Å². The van der Waals surface area contributed by atoms with E-state index in [0.717, 1.165) is 23.9 Å². The highest BCUT2D eigenvalue weighted by Gasteiger charge is 2.25. The van der Waals surface area contributed by atoms with E-state index < -0.39 is 0 Å². The van der Waals surface area contributed by atoms with Crippen LogP contribution in [0.4, 0.5) is 0 Å². The fourth-order valence-corrected chi connectivity index (χ4v) is 3.03. The zero-order valence-electron chi connectivity index (χ0n) is 13.3. The molecule has 1 atom stereocenters. The number of carbonyl (C=O) groups is 2. The Morgan fingerprint density at radius 3 is 2.83 bits per heavy atom. The molecule has 2 rings (SSSR count). The minimum Gasteiger partial charge on any atom is -0.466 e. The number of hydrogen-bond acceptors (Lipinski definition) is 4. The zero-order valence-corrected chi connectivity index (χ0v) is 14.9. The van der Waals surface area contributed by atoms with Crippen molar-refractivity contribution in [2.24, 2.45) is 0 Å². The van der Waals surface area contributed by atoms with Crippen LogP contribution in [0.5, 0.6) is 0 Å². The lowest BCUT2D eigenvalue weighted by atomic mass is 10.1. The summed E-state index contributed by atoms with van der Waals surface area (Å²) in [4.78, 5) is 26.1. The van der Waals surface area contributed by atoms with Crippen LogP contribution in [-0.2, 0) is 14.3 Å². The van der Waals surface area contributed by atoms with Gasteiger partial charge in [-0.3, -0.25) is 9.59 Å². The third kappa shape index (κ3) is 5.32. The summed E-state index contributed by atoms with van der Waals surface area (Å²) in [7, 11) is 0. The number of halogens is 1. The first kappa shape index (κ1) is 17.9. The second-order valence-electron chi connectivity index (χ2n) is 5.42. The lowest BCUT2D eigenvalue weighted by molar-refractivity contribution is -0.143. The molecule has 1 aliphatic heterocycles. The van der Waals surface area contributed by atoms with Gasteiger partial charge in [-0.05, 0) is 47.8 Å². The van der Waals surface area contributed by atoms with Crippen LogP contribution < -0.4 is 0 Å². The molecule has 0 radical (unpaired) electrons. The Morgan fingerprint density at radius 2 is 2.17 bits per heavy atom. The van der Waals surface area contributed by atoms with E-state index in [4.69, 9.17) is 9.47 Å². The normalized spacial score (nSPS) is 17.0. The van der Waals surface area contributed by atoms with Gasteiger partial charge in [-0.2, -0.15) is 0 Å². The quantitative estimate of drug-likeness (QED) is 0.679. The molecule has 0 saturated carbocycles. The lowest BCUT2D eigenvalue weighted by Crippen LogP contribution is -2.39. The Balaban J connectivity index is 2.06. The van der Waals surface area contributed by atoms with Crippen LogP contribution in [0, 0.1) is 0 Å². The van der Waals surface area contributed by atoms with Crippen LogP contribution in [0.25, 0.3) is 0 Å². The molecule has 0 aromatic heterocycles. The number of carbonyl (C=O) groups excluding carboxylic acids is 2. The van der Waals surface area contributed by atoms with E-state index >= 15 is 0 Å². The summed E-state index contributed by atoms with van der Waals surface area (Å²) in [6, 6.07) is 7.31. The van der Waals surface area contributed by atoms with Gasteiger partial charge in [-0.15, -0.1) is 0 Å². The summed E-state index contributed by atoms with van der Waals surface area (Å²) in [6.07, 6.45) is 2.19. The van der Waals surface area contributed by atoms with Crippen molar-refractivity contribution in [3.8, 4) is 0 Å². The molecule has 0 aliphatic carbocycles. The lowest BCUT2D eigenvalue weighted by Gasteiger charge is -2.25. The number of ether oxygens (including phenoxy) is 2. The molecule has 1 aromatic carbocycles. The summed E-state index contributed by atoms with van der Waals surface area (Å²) >= 11 is 3.41. The van der Waals surface area contributed by atoms with Gasteiger partial charge in [0.25, 0.3) is 5.91 Å².